The molecule has 2 N–H and O–H groups in total. The molecule has 0 aliphatic carbocycles. The number of nitrogen functional groups attached to an aromatic ring is 1. The highest BCUT2D eigenvalue weighted by Crippen LogP contribution is 2.02. The summed E-state index contributed by atoms with van der Waals surface area (Å²) in [5.74, 6) is 0.429. The summed E-state index contributed by atoms with van der Waals surface area (Å²) in [7, 11) is 0. The van der Waals surface area contributed by atoms with E-state index in [1.165, 1.54) is 0 Å². The third-order valence-corrected chi connectivity index (χ3v) is 1.48. The molecular weight excluding hydrogens is 156 g/mol. The number of rotatable bonds is 2. The van der Waals surface area contributed by atoms with Gasteiger partial charge in [0, 0.05) is 5.56 Å². The van der Waals surface area contributed by atoms with Crippen molar-refractivity contribution < 1.29 is 4.42 Å². The van der Waals surface area contributed by atoms with E-state index < -0.39 is 0 Å². The Morgan fingerprint density at radius 3 is 3.08 bits per heavy atom. The Bertz CT molecular complexity index is 351. The van der Waals surface area contributed by atoms with Gasteiger partial charge in [-0.15, -0.1) is 5.10 Å². The average molecular weight is 164 g/mol. The van der Waals surface area contributed by atoms with Crippen LogP contribution in [0.5, 0.6) is 0 Å². The minimum absolute atomic E-state index is 0.429. The van der Waals surface area contributed by atoms with Gasteiger partial charge >= 0.3 is 0 Å². The van der Waals surface area contributed by atoms with Crippen LogP contribution in [-0.2, 0) is 6.54 Å². The second kappa shape index (κ2) is 2.69. The molecule has 0 aliphatic heterocycles. The fourth-order valence-electron chi connectivity index (χ4n) is 0.960. The zero-order chi connectivity index (χ0) is 8.39. The van der Waals surface area contributed by atoms with E-state index in [1.54, 1.807) is 23.4 Å². The highest BCUT2D eigenvalue weighted by Gasteiger charge is 1.98. The molecule has 0 saturated heterocycles. The third kappa shape index (κ3) is 1.29. The number of anilines is 1. The standard InChI is InChI=1S/C7H8N4O/c8-7-4-11(10-9-7)3-6-1-2-12-5-6/h1-2,4-5H,3,8H2. The highest BCUT2D eigenvalue weighted by molar-refractivity contribution is 5.20. The molecule has 0 fully saturated rings. The van der Waals surface area contributed by atoms with Crippen LogP contribution in [0.4, 0.5) is 5.82 Å². The maximum atomic E-state index is 5.39. The van der Waals surface area contributed by atoms with E-state index >= 15 is 0 Å². The molecule has 0 unspecified atom stereocenters. The van der Waals surface area contributed by atoms with E-state index in [0.29, 0.717) is 12.4 Å². The van der Waals surface area contributed by atoms with Gasteiger partial charge in [-0.05, 0) is 6.07 Å². The predicted octanol–water partition coefficient (Wildman–Crippen LogP) is 0.502. The van der Waals surface area contributed by atoms with Crippen LogP contribution in [0, 0.1) is 0 Å². The zero-order valence-electron chi connectivity index (χ0n) is 6.34. The SMILES string of the molecule is Nc1cn(Cc2ccoc2)nn1. The van der Waals surface area contributed by atoms with E-state index in [2.05, 4.69) is 10.3 Å². The topological polar surface area (TPSA) is 69.9 Å². The molecule has 0 saturated carbocycles. The Labute approximate surface area is 68.8 Å². The van der Waals surface area contributed by atoms with Gasteiger partial charge in [0.1, 0.15) is 0 Å². The summed E-state index contributed by atoms with van der Waals surface area (Å²) in [6.07, 6.45) is 4.96. The quantitative estimate of drug-likeness (QED) is 0.701. The van der Waals surface area contributed by atoms with Crippen molar-refractivity contribution in [2.24, 2.45) is 0 Å². The second-order valence-corrected chi connectivity index (χ2v) is 2.47. The van der Waals surface area contributed by atoms with Gasteiger partial charge in [0.15, 0.2) is 5.82 Å². The molecule has 2 heterocycles. The molecule has 2 aromatic heterocycles. The summed E-state index contributed by atoms with van der Waals surface area (Å²) < 4.78 is 6.55. The van der Waals surface area contributed by atoms with Crippen molar-refractivity contribution in [1.29, 1.82) is 0 Å². The summed E-state index contributed by atoms with van der Waals surface area (Å²) in [5, 5.41) is 7.45. The molecule has 0 spiro atoms. The van der Waals surface area contributed by atoms with Crippen molar-refractivity contribution >= 4 is 5.82 Å². The molecule has 0 aromatic carbocycles. The fraction of sp³-hybridized carbons (Fsp3) is 0.143. The Kier molecular flexibility index (Phi) is 1.55. The molecule has 0 aliphatic rings. The number of nitrogens with two attached hydrogens (primary N) is 1. The summed E-state index contributed by atoms with van der Waals surface area (Å²) in [6, 6.07) is 1.87. The molecular formula is C7H8N4O. The lowest BCUT2D eigenvalue weighted by atomic mass is 10.3. The van der Waals surface area contributed by atoms with Crippen molar-refractivity contribution in [3.05, 3.63) is 30.4 Å². The van der Waals surface area contributed by atoms with Gasteiger partial charge in [-0.1, -0.05) is 5.21 Å². The lowest BCUT2D eigenvalue weighted by molar-refractivity contribution is 0.558. The van der Waals surface area contributed by atoms with Gasteiger partial charge in [0.2, 0.25) is 0 Å². The fourth-order valence-corrected chi connectivity index (χ4v) is 0.960. The smallest absolute Gasteiger partial charge is 0.165 e. The van der Waals surface area contributed by atoms with Crippen LogP contribution in [0.25, 0.3) is 0 Å². The molecule has 0 amide bonds. The van der Waals surface area contributed by atoms with Crippen LogP contribution in [0.1, 0.15) is 5.56 Å². The molecule has 0 radical (unpaired) electrons. The van der Waals surface area contributed by atoms with Gasteiger partial charge in [-0.3, -0.25) is 0 Å². The normalized spacial score (nSPS) is 10.3. The molecule has 2 aromatic rings. The molecule has 12 heavy (non-hydrogen) atoms. The predicted molar refractivity (Wildman–Crippen MR) is 42.2 cm³/mol. The maximum Gasteiger partial charge on any atom is 0.165 e. The van der Waals surface area contributed by atoms with E-state index in [0.717, 1.165) is 5.56 Å². The van der Waals surface area contributed by atoms with Crippen molar-refractivity contribution in [2.45, 2.75) is 6.54 Å². The van der Waals surface area contributed by atoms with Gasteiger partial charge in [-0.2, -0.15) is 0 Å². The zero-order valence-corrected chi connectivity index (χ0v) is 6.34. The summed E-state index contributed by atoms with van der Waals surface area (Å²) in [6.45, 7) is 0.640. The van der Waals surface area contributed by atoms with E-state index in [4.69, 9.17) is 10.2 Å². The number of hydrogen-bond acceptors (Lipinski definition) is 4. The first-order chi connectivity index (χ1) is 5.84. The molecule has 5 nitrogen and oxygen atoms in total. The van der Waals surface area contributed by atoms with E-state index in [9.17, 15) is 0 Å². The summed E-state index contributed by atoms with van der Waals surface area (Å²) >= 11 is 0. The van der Waals surface area contributed by atoms with Crippen molar-refractivity contribution in [3.8, 4) is 0 Å². The van der Waals surface area contributed by atoms with Crippen molar-refractivity contribution in [1.82, 2.24) is 15.0 Å². The number of aromatic nitrogens is 3. The Morgan fingerprint density at radius 1 is 1.58 bits per heavy atom. The van der Waals surface area contributed by atoms with Crippen LogP contribution in [-0.4, -0.2) is 15.0 Å². The molecule has 62 valence electrons. The number of furan rings is 1. The Morgan fingerprint density at radius 2 is 2.50 bits per heavy atom. The van der Waals surface area contributed by atoms with Crippen LogP contribution in [0.15, 0.2) is 29.2 Å². The van der Waals surface area contributed by atoms with Gasteiger partial charge in [0.25, 0.3) is 0 Å². The van der Waals surface area contributed by atoms with Crippen LogP contribution >= 0.6 is 0 Å². The van der Waals surface area contributed by atoms with Crippen molar-refractivity contribution in [2.75, 3.05) is 5.73 Å². The van der Waals surface area contributed by atoms with Crippen molar-refractivity contribution in [3.63, 3.8) is 0 Å². The van der Waals surface area contributed by atoms with Gasteiger partial charge in [0.05, 0.1) is 25.3 Å². The highest BCUT2D eigenvalue weighted by atomic mass is 16.3. The first-order valence-electron chi connectivity index (χ1n) is 3.51. The monoisotopic (exact) mass is 164 g/mol. The van der Waals surface area contributed by atoms with Gasteiger partial charge < -0.3 is 10.2 Å². The van der Waals surface area contributed by atoms with Crippen LogP contribution in [0.3, 0.4) is 0 Å². The Hall–Kier alpha value is -1.78. The largest absolute Gasteiger partial charge is 0.472 e. The summed E-state index contributed by atoms with van der Waals surface area (Å²) in [5.41, 5.74) is 6.43. The van der Waals surface area contributed by atoms with Crippen LogP contribution < -0.4 is 5.73 Å². The summed E-state index contributed by atoms with van der Waals surface area (Å²) in [4.78, 5) is 0. The van der Waals surface area contributed by atoms with Crippen LogP contribution in [0.2, 0.25) is 0 Å². The first-order valence-corrected chi connectivity index (χ1v) is 3.51. The third-order valence-electron chi connectivity index (χ3n) is 1.48. The lowest BCUT2D eigenvalue weighted by Gasteiger charge is -1.93. The van der Waals surface area contributed by atoms with E-state index in [-0.39, 0.29) is 0 Å². The Balaban J connectivity index is 2.14. The van der Waals surface area contributed by atoms with E-state index in [1.807, 2.05) is 6.07 Å². The molecule has 2 rings (SSSR count). The maximum absolute atomic E-state index is 5.39. The van der Waals surface area contributed by atoms with Gasteiger partial charge in [-0.25, -0.2) is 4.68 Å². The molecule has 5 heteroatoms. The minimum atomic E-state index is 0.429. The lowest BCUT2D eigenvalue weighted by Crippen LogP contribution is -1.98. The second-order valence-electron chi connectivity index (χ2n) is 2.47. The molecule has 0 atom stereocenters. The first kappa shape index (κ1) is 6.90. The molecule has 0 bridgehead atoms. The number of nitrogens with zero attached hydrogens (tertiary/aromatic N) is 3. The number of hydrogen-bond donors (Lipinski definition) is 1. The average Bonchev–Trinajstić information content (AvgIpc) is 2.63. The minimum Gasteiger partial charge on any atom is -0.472 e.